The maximum Gasteiger partial charge on any atom is 0.268 e. The molecule has 2 amide bonds. The van der Waals surface area contributed by atoms with E-state index in [-0.39, 0.29) is 11.8 Å². The molecule has 1 saturated heterocycles. The molecule has 3 aromatic rings. The van der Waals surface area contributed by atoms with Gasteiger partial charge in [-0.25, -0.2) is 0 Å². The van der Waals surface area contributed by atoms with E-state index in [9.17, 15) is 9.59 Å². The van der Waals surface area contributed by atoms with E-state index >= 15 is 0 Å². The van der Waals surface area contributed by atoms with Crippen LogP contribution in [-0.4, -0.2) is 36.1 Å². The van der Waals surface area contributed by atoms with Crippen LogP contribution in [0.2, 0.25) is 5.02 Å². The van der Waals surface area contributed by atoms with Gasteiger partial charge in [-0.15, -0.1) is 11.8 Å². The number of halogens is 1. The molecular weight excluding hydrogens is 444 g/mol. The van der Waals surface area contributed by atoms with Crippen LogP contribution < -0.4 is 9.64 Å². The summed E-state index contributed by atoms with van der Waals surface area (Å²) < 4.78 is 5.47. The molecule has 0 saturated carbocycles. The number of methoxy groups -OCH3 is 1. The van der Waals surface area contributed by atoms with Gasteiger partial charge in [0.25, 0.3) is 11.8 Å². The Morgan fingerprint density at radius 2 is 1.91 bits per heavy atom. The minimum atomic E-state index is -1.13. The number of thioether (sulfide) groups is 1. The van der Waals surface area contributed by atoms with Crippen molar-refractivity contribution < 1.29 is 14.3 Å². The molecule has 7 heteroatoms. The Morgan fingerprint density at radius 3 is 2.66 bits per heavy atom. The zero-order chi connectivity index (χ0) is 22.3. The average Bonchev–Trinajstić information content (AvgIpc) is 3.36. The molecule has 0 radical (unpaired) electrons. The predicted octanol–water partition coefficient (Wildman–Crippen LogP) is 4.94. The van der Waals surface area contributed by atoms with Gasteiger partial charge in [0.1, 0.15) is 5.75 Å². The number of ether oxygens (including phenoxy) is 1. The molecule has 2 aliphatic rings. The number of nitrogens with zero attached hydrogens (tertiary/aromatic N) is 2. The van der Waals surface area contributed by atoms with Gasteiger partial charge < -0.3 is 14.5 Å². The fourth-order valence-electron chi connectivity index (χ4n) is 4.42. The van der Waals surface area contributed by atoms with Crippen molar-refractivity contribution in [1.29, 1.82) is 0 Å². The monoisotopic (exact) mass is 464 g/mol. The largest absolute Gasteiger partial charge is 0.497 e. The summed E-state index contributed by atoms with van der Waals surface area (Å²) in [5, 5.41) is 0.488. The number of amides is 2. The number of hydrogen-bond acceptors (Lipinski definition) is 4. The lowest BCUT2D eigenvalue weighted by molar-refractivity contribution is -0.123. The van der Waals surface area contributed by atoms with Gasteiger partial charge in [-0.2, -0.15) is 0 Å². The van der Waals surface area contributed by atoms with Crippen molar-refractivity contribution in [2.45, 2.75) is 11.4 Å². The van der Waals surface area contributed by atoms with Crippen molar-refractivity contribution in [2.75, 3.05) is 24.3 Å². The first-order valence-corrected chi connectivity index (χ1v) is 11.7. The van der Waals surface area contributed by atoms with E-state index in [0.717, 1.165) is 16.8 Å². The van der Waals surface area contributed by atoms with E-state index in [1.807, 2.05) is 48.5 Å². The molecule has 0 N–H and O–H groups in total. The van der Waals surface area contributed by atoms with E-state index in [0.29, 0.717) is 35.2 Å². The summed E-state index contributed by atoms with van der Waals surface area (Å²) in [5.74, 6) is 0.997. The molecule has 1 fully saturated rings. The van der Waals surface area contributed by atoms with Crippen molar-refractivity contribution in [3.05, 3.63) is 94.5 Å². The molecule has 5 nitrogen and oxygen atoms in total. The molecule has 0 bridgehead atoms. The summed E-state index contributed by atoms with van der Waals surface area (Å²) in [7, 11) is 1.60. The lowest BCUT2D eigenvalue weighted by Gasteiger charge is -2.33. The van der Waals surface area contributed by atoms with Crippen LogP contribution in [0.4, 0.5) is 5.69 Å². The Kier molecular flexibility index (Phi) is 5.35. The van der Waals surface area contributed by atoms with Gasteiger partial charge in [-0.1, -0.05) is 48.0 Å². The highest BCUT2D eigenvalue weighted by atomic mass is 35.5. The number of benzene rings is 3. The lowest BCUT2D eigenvalue weighted by Crippen LogP contribution is -2.50. The molecule has 0 aromatic heterocycles. The second kappa shape index (κ2) is 8.19. The molecule has 5 rings (SSSR count). The van der Waals surface area contributed by atoms with Crippen molar-refractivity contribution in [3.63, 3.8) is 0 Å². The highest BCUT2D eigenvalue weighted by molar-refractivity contribution is 8.01. The molecule has 162 valence electrons. The molecule has 0 aliphatic carbocycles. The SMILES string of the molecule is COc1ccc2c(c1)[C@@]1(SCCN1C(=O)c1cccc(Cl)c1)C(=O)N2Cc1ccccc1. The van der Waals surface area contributed by atoms with Crippen LogP contribution in [0, 0.1) is 0 Å². The number of hydrogen-bond donors (Lipinski definition) is 0. The number of fused-ring (bicyclic) bond motifs is 2. The van der Waals surface area contributed by atoms with Gasteiger partial charge in [0, 0.05) is 28.4 Å². The van der Waals surface area contributed by atoms with Gasteiger partial charge in [-0.3, -0.25) is 9.59 Å². The normalized spacial score (nSPS) is 19.5. The van der Waals surface area contributed by atoms with Crippen molar-refractivity contribution >= 4 is 40.9 Å². The lowest BCUT2D eigenvalue weighted by atomic mass is 10.0. The quantitative estimate of drug-likeness (QED) is 0.549. The van der Waals surface area contributed by atoms with Crippen LogP contribution >= 0.6 is 23.4 Å². The summed E-state index contributed by atoms with van der Waals surface area (Å²) in [6.07, 6.45) is 0. The number of carbonyl (C=O) groups is 2. The van der Waals surface area contributed by atoms with Gasteiger partial charge in [-0.05, 0) is 42.0 Å². The summed E-state index contributed by atoms with van der Waals surface area (Å²) >= 11 is 7.64. The van der Waals surface area contributed by atoms with Crippen molar-refractivity contribution in [2.24, 2.45) is 0 Å². The van der Waals surface area contributed by atoms with Crippen LogP contribution in [0.5, 0.6) is 5.75 Å². The first-order chi connectivity index (χ1) is 15.5. The molecule has 2 heterocycles. The van der Waals surface area contributed by atoms with Gasteiger partial charge in [0.15, 0.2) is 4.87 Å². The van der Waals surface area contributed by atoms with Crippen LogP contribution in [-0.2, 0) is 16.2 Å². The minimum absolute atomic E-state index is 0.109. The Labute approximate surface area is 195 Å². The van der Waals surface area contributed by atoms with Gasteiger partial charge in [0.2, 0.25) is 0 Å². The molecule has 3 aromatic carbocycles. The molecule has 0 unspecified atom stereocenters. The van der Waals surface area contributed by atoms with E-state index in [4.69, 9.17) is 16.3 Å². The average molecular weight is 465 g/mol. The fourth-order valence-corrected chi connectivity index (χ4v) is 6.06. The highest BCUT2D eigenvalue weighted by Crippen LogP contribution is 2.55. The van der Waals surface area contributed by atoms with Gasteiger partial charge >= 0.3 is 0 Å². The molecular formula is C25H21ClN2O3S. The van der Waals surface area contributed by atoms with Crippen LogP contribution in [0.1, 0.15) is 21.5 Å². The number of anilines is 1. The molecule has 1 atom stereocenters. The van der Waals surface area contributed by atoms with E-state index < -0.39 is 4.87 Å². The third-order valence-corrected chi connectivity index (χ3v) is 7.56. The third-order valence-electron chi connectivity index (χ3n) is 5.90. The maximum absolute atomic E-state index is 14.0. The van der Waals surface area contributed by atoms with Gasteiger partial charge in [0.05, 0.1) is 19.3 Å². The first-order valence-electron chi connectivity index (χ1n) is 10.3. The summed E-state index contributed by atoms with van der Waals surface area (Å²) in [6.45, 7) is 0.901. The third kappa shape index (κ3) is 3.26. The second-order valence-corrected chi connectivity index (χ2v) is 9.44. The first kappa shape index (κ1) is 20.9. The summed E-state index contributed by atoms with van der Waals surface area (Å²) in [5.41, 5.74) is 3.09. The molecule has 32 heavy (non-hydrogen) atoms. The standard InChI is InChI=1S/C25H21ClN2O3S/c1-31-20-10-11-22-21(15-20)25(24(30)27(22)16-17-6-3-2-4-7-17)28(12-13-32-25)23(29)18-8-5-9-19(26)14-18/h2-11,14-15H,12-13,16H2,1H3/t25-/m1/s1. The minimum Gasteiger partial charge on any atom is -0.497 e. The smallest absolute Gasteiger partial charge is 0.268 e. The second-order valence-electron chi connectivity index (χ2n) is 7.72. The number of carbonyl (C=O) groups excluding carboxylic acids is 2. The maximum atomic E-state index is 14.0. The Balaban J connectivity index is 1.62. The summed E-state index contributed by atoms with van der Waals surface area (Å²) in [4.78, 5) is 30.0. The molecule has 2 aliphatic heterocycles. The summed E-state index contributed by atoms with van der Waals surface area (Å²) in [6, 6.07) is 22.4. The van der Waals surface area contributed by atoms with E-state index in [1.54, 1.807) is 41.2 Å². The van der Waals surface area contributed by atoms with Crippen LogP contribution in [0.3, 0.4) is 0 Å². The molecule has 1 spiro atoms. The zero-order valence-corrected chi connectivity index (χ0v) is 19.0. The predicted molar refractivity (Wildman–Crippen MR) is 127 cm³/mol. The highest BCUT2D eigenvalue weighted by Gasteiger charge is 2.59. The Hall–Kier alpha value is -2.96. The fraction of sp³-hybridized carbons (Fsp3) is 0.200. The topological polar surface area (TPSA) is 49.9 Å². The Morgan fingerprint density at radius 1 is 1.09 bits per heavy atom. The van der Waals surface area contributed by atoms with Crippen molar-refractivity contribution in [3.8, 4) is 5.75 Å². The van der Waals surface area contributed by atoms with Crippen LogP contribution in [0.25, 0.3) is 0 Å². The van der Waals surface area contributed by atoms with Crippen LogP contribution in [0.15, 0.2) is 72.8 Å². The van der Waals surface area contributed by atoms with E-state index in [1.165, 1.54) is 11.8 Å². The van der Waals surface area contributed by atoms with Crippen molar-refractivity contribution in [1.82, 2.24) is 4.90 Å². The zero-order valence-electron chi connectivity index (χ0n) is 17.5. The van der Waals surface area contributed by atoms with E-state index in [2.05, 4.69) is 0 Å². The number of rotatable bonds is 4. The Bertz CT molecular complexity index is 1200.